The smallest absolute Gasteiger partial charge is 0.342 e. The number of rotatable bonds is 6. The molecule has 1 aromatic heterocycles. The third kappa shape index (κ3) is 3.53. The predicted molar refractivity (Wildman–Crippen MR) is 73.5 cm³/mol. The normalized spacial score (nSPS) is 10.1. The Morgan fingerprint density at radius 2 is 2.10 bits per heavy atom. The minimum atomic E-state index is -1.36. The molecule has 0 saturated heterocycles. The van der Waals surface area contributed by atoms with E-state index in [2.05, 4.69) is 4.98 Å². The summed E-state index contributed by atoms with van der Waals surface area (Å²) >= 11 is 0. The zero-order valence-corrected chi connectivity index (χ0v) is 10.9. The highest BCUT2D eigenvalue weighted by Gasteiger charge is 2.25. The van der Waals surface area contributed by atoms with E-state index in [0.29, 0.717) is 6.42 Å². The maximum absolute atomic E-state index is 11.0. The van der Waals surface area contributed by atoms with Crippen molar-refractivity contribution >= 4 is 11.7 Å². The Morgan fingerprint density at radius 1 is 1.29 bits per heavy atom. The van der Waals surface area contributed by atoms with E-state index in [1.165, 1.54) is 18.2 Å². The molecular formula is C14H12N2O5. The van der Waals surface area contributed by atoms with Crippen LogP contribution >= 0.6 is 0 Å². The van der Waals surface area contributed by atoms with Crippen LogP contribution in [0.3, 0.4) is 0 Å². The summed E-state index contributed by atoms with van der Waals surface area (Å²) < 4.78 is 5.35. The summed E-state index contributed by atoms with van der Waals surface area (Å²) in [4.78, 5) is 25.4. The van der Waals surface area contributed by atoms with Gasteiger partial charge in [0.2, 0.25) is 0 Å². The summed E-state index contributed by atoms with van der Waals surface area (Å²) in [6, 6.07) is 9.38. The van der Waals surface area contributed by atoms with Crippen LogP contribution in [0.1, 0.15) is 16.1 Å². The summed E-state index contributed by atoms with van der Waals surface area (Å²) in [6.07, 6.45) is 2.11. The molecule has 0 spiro atoms. The number of carboxylic acid groups (broad SMARTS) is 1. The maximum Gasteiger partial charge on any atom is 0.342 e. The standard InChI is InChI=1S/C14H12N2O5/c17-14(18)11-5-3-6-12(13(11)16(19)20)21-9-7-10-4-1-2-8-15-10/h1-6,8H,7,9H2,(H,17,18). The van der Waals surface area contributed by atoms with Gasteiger partial charge >= 0.3 is 11.7 Å². The Kier molecular flexibility index (Phi) is 4.45. The van der Waals surface area contributed by atoms with Gasteiger partial charge in [0.05, 0.1) is 11.5 Å². The number of aromatic carboxylic acids is 1. The number of para-hydroxylation sites is 1. The fourth-order valence-corrected chi connectivity index (χ4v) is 1.81. The van der Waals surface area contributed by atoms with Gasteiger partial charge in [0.25, 0.3) is 0 Å². The highest BCUT2D eigenvalue weighted by Crippen LogP contribution is 2.30. The van der Waals surface area contributed by atoms with Crippen molar-refractivity contribution in [3.05, 3.63) is 64.0 Å². The second kappa shape index (κ2) is 6.47. The Labute approximate surface area is 120 Å². The highest BCUT2D eigenvalue weighted by molar-refractivity contribution is 5.93. The number of ether oxygens (including phenoxy) is 1. The third-order valence-electron chi connectivity index (χ3n) is 2.75. The van der Waals surface area contributed by atoms with E-state index in [1.807, 2.05) is 12.1 Å². The molecule has 1 N–H and O–H groups in total. The molecule has 21 heavy (non-hydrogen) atoms. The van der Waals surface area contributed by atoms with Crippen LogP contribution in [0.15, 0.2) is 42.6 Å². The van der Waals surface area contributed by atoms with E-state index >= 15 is 0 Å². The number of hydrogen-bond donors (Lipinski definition) is 1. The van der Waals surface area contributed by atoms with Crippen molar-refractivity contribution < 1.29 is 19.6 Å². The second-order valence-electron chi connectivity index (χ2n) is 4.13. The van der Waals surface area contributed by atoms with E-state index < -0.39 is 22.1 Å². The Hall–Kier alpha value is -2.96. The lowest BCUT2D eigenvalue weighted by molar-refractivity contribution is -0.386. The zero-order valence-electron chi connectivity index (χ0n) is 10.9. The monoisotopic (exact) mass is 288 g/mol. The Bertz CT molecular complexity index is 658. The fourth-order valence-electron chi connectivity index (χ4n) is 1.81. The summed E-state index contributed by atoms with van der Waals surface area (Å²) in [5, 5.41) is 20.0. The quantitative estimate of drug-likeness (QED) is 0.646. The van der Waals surface area contributed by atoms with Crippen molar-refractivity contribution in [3.8, 4) is 5.75 Å². The van der Waals surface area contributed by atoms with Crippen molar-refractivity contribution in [1.29, 1.82) is 0 Å². The average Bonchev–Trinajstić information content (AvgIpc) is 2.47. The second-order valence-corrected chi connectivity index (χ2v) is 4.13. The van der Waals surface area contributed by atoms with Crippen LogP contribution in [0.5, 0.6) is 5.75 Å². The van der Waals surface area contributed by atoms with Gasteiger partial charge in [-0.3, -0.25) is 15.1 Å². The fraction of sp³-hybridized carbons (Fsp3) is 0.143. The Balaban J connectivity index is 2.14. The first-order valence-corrected chi connectivity index (χ1v) is 6.13. The molecule has 7 heteroatoms. The number of nitro groups is 1. The molecule has 0 bridgehead atoms. The maximum atomic E-state index is 11.0. The van der Waals surface area contributed by atoms with Crippen LogP contribution in [0.4, 0.5) is 5.69 Å². The van der Waals surface area contributed by atoms with Gasteiger partial charge in [-0.05, 0) is 24.3 Å². The first kappa shape index (κ1) is 14.4. The van der Waals surface area contributed by atoms with Crippen molar-refractivity contribution in [2.24, 2.45) is 0 Å². The number of nitro benzene ring substituents is 1. The van der Waals surface area contributed by atoms with Gasteiger partial charge in [0, 0.05) is 18.3 Å². The minimum absolute atomic E-state index is 0.0594. The molecule has 0 atom stereocenters. The number of nitrogens with zero attached hydrogens (tertiary/aromatic N) is 2. The first-order valence-electron chi connectivity index (χ1n) is 6.13. The number of carboxylic acids is 1. The lowest BCUT2D eigenvalue weighted by Crippen LogP contribution is -2.08. The van der Waals surface area contributed by atoms with Crippen molar-refractivity contribution in [2.75, 3.05) is 6.61 Å². The number of carbonyl (C=O) groups is 1. The lowest BCUT2D eigenvalue weighted by Gasteiger charge is -2.07. The number of pyridine rings is 1. The summed E-state index contributed by atoms with van der Waals surface area (Å²) in [6.45, 7) is 0.168. The molecule has 0 aliphatic rings. The number of hydrogen-bond acceptors (Lipinski definition) is 5. The van der Waals surface area contributed by atoms with Gasteiger partial charge in [-0.2, -0.15) is 0 Å². The van der Waals surface area contributed by atoms with Crippen molar-refractivity contribution in [2.45, 2.75) is 6.42 Å². The summed E-state index contributed by atoms with van der Waals surface area (Å²) in [7, 11) is 0. The first-order chi connectivity index (χ1) is 10.1. The van der Waals surface area contributed by atoms with Crippen LogP contribution < -0.4 is 4.74 Å². The molecule has 7 nitrogen and oxygen atoms in total. The van der Waals surface area contributed by atoms with E-state index in [4.69, 9.17) is 9.84 Å². The molecule has 1 heterocycles. The molecule has 0 amide bonds. The number of aromatic nitrogens is 1. The van der Waals surface area contributed by atoms with Gasteiger partial charge in [-0.15, -0.1) is 0 Å². The summed E-state index contributed by atoms with van der Waals surface area (Å²) in [5.41, 5.74) is -0.143. The number of benzene rings is 1. The molecule has 0 saturated carbocycles. The van der Waals surface area contributed by atoms with Gasteiger partial charge in [-0.1, -0.05) is 12.1 Å². The highest BCUT2D eigenvalue weighted by atomic mass is 16.6. The summed E-state index contributed by atoms with van der Waals surface area (Å²) in [5.74, 6) is -1.42. The van der Waals surface area contributed by atoms with Gasteiger partial charge in [0.1, 0.15) is 5.56 Å². The average molecular weight is 288 g/mol. The van der Waals surface area contributed by atoms with Crippen LogP contribution in [0.25, 0.3) is 0 Å². The third-order valence-corrected chi connectivity index (χ3v) is 2.75. The van der Waals surface area contributed by atoms with Crippen LogP contribution in [0.2, 0.25) is 0 Å². The molecule has 2 aromatic rings. The molecule has 0 aliphatic carbocycles. The molecular weight excluding hydrogens is 276 g/mol. The molecule has 0 unspecified atom stereocenters. The van der Waals surface area contributed by atoms with E-state index in [0.717, 1.165) is 5.69 Å². The predicted octanol–water partition coefficient (Wildman–Crippen LogP) is 2.31. The van der Waals surface area contributed by atoms with Crippen molar-refractivity contribution in [1.82, 2.24) is 4.98 Å². The Morgan fingerprint density at radius 3 is 2.71 bits per heavy atom. The minimum Gasteiger partial charge on any atom is -0.486 e. The SMILES string of the molecule is O=C(O)c1cccc(OCCc2ccccn2)c1[N+](=O)[O-]. The molecule has 1 aromatic carbocycles. The van der Waals surface area contributed by atoms with Crippen molar-refractivity contribution in [3.63, 3.8) is 0 Å². The lowest BCUT2D eigenvalue weighted by atomic mass is 10.1. The van der Waals surface area contributed by atoms with E-state index in [1.54, 1.807) is 12.3 Å². The molecule has 0 fully saturated rings. The zero-order chi connectivity index (χ0) is 15.2. The van der Waals surface area contributed by atoms with Gasteiger partial charge < -0.3 is 9.84 Å². The molecule has 108 valence electrons. The van der Waals surface area contributed by atoms with Gasteiger partial charge in [-0.25, -0.2) is 4.79 Å². The van der Waals surface area contributed by atoms with E-state index in [9.17, 15) is 14.9 Å². The van der Waals surface area contributed by atoms with Gasteiger partial charge in [0.15, 0.2) is 5.75 Å². The van der Waals surface area contributed by atoms with E-state index in [-0.39, 0.29) is 12.4 Å². The molecule has 2 rings (SSSR count). The molecule has 0 aliphatic heterocycles. The molecule has 0 radical (unpaired) electrons. The largest absolute Gasteiger partial charge is 0.486 e. The van der Waals surface area contributed by atoms with Crippen LogP contribution in [-0.2, 0) is 6.42 Å². The van der Waals surface area contributed by atoms with Crippen LogP contribution in [-0.4, -0.2) is 27.6 Å². The topological polar surface area (TPSA) is 103 Å². The van der Waals surface area contributed by atoms with Crippen LogP contribution in [0, 0.1) is 10.1 Å².